The zero-order valence-electron chi connectivity index (χ0n) is 20.0. The van der Waals surface area contributed by atoms with E-state index in [1.807, 2.05) is 31.1 Å². The van der Waals surface area contributed by atoms with E-state index in [-0.39, 0.29) is 17.0 Å². The third-order valence-corrected chi connectivity index (χ3v) is 5.28. The number of nitrogens with zero attached hydrogens (tertiary/aromatic N) is 4. The Morgan fingerprint density at radius 1 is 1.06 bits per heavy atom. The van der Waals surface area contributed by atoms with Crippen LogP contribution in [0.15, 0.2) is 36.4 Å². The van der Waals surface area contributed by atoms with Gasteiger partial charge in [-0.15, -0.1) is 5.10 Å². The summed E-state index contributed by atoms with van der Waals surface area (Å²) in [6, 6.07) is 11.4. The maximum Gasteiger partial charge on any atom is 0.278 e. The maximum atomic E-state index is 13.1. The average Bonchev–Trinajstić information content (AvgIpc) is 3.13. The highest BCUT2D eigenvalue weighted by Crippen LogP contribution is 2.31. The Kier molecular flexibility index (Phi) is 6.43. The zero-order valence-corrected chi connectivity index (χ0v) is 20.0. The fourth-order valence-electron chi connectivity index (χ4n) is 3.29. The van der Waals surface area contributed by atoms with E-state index < -0.39 is 0 Å². The van der Waals surface area contributed by atoms with Gasteiger partial charge in [0, 0.05) is 31.5 Å². The molecular formula is C24H31N5O3. The number of amides is 1. The minimum absolute atomic E-state index is 0.0620. The van der Waals surface area contributed by atoms with Crippen LogP contribution in [0.3, 0.4) is 0 Å². The van der Waals surface area contributed by atoms with Crippen molar-refractivity contribution in [2.45, 2.75) is 33.1 Å². The Bertz CT molecular complexity index is 1130. The Labute approximate surface area is 189 Å². The summed E-state index contributed by atoms with van der Waals surface area (Å²) >= 11 is 0. The molecule has 0 radical (unpaired) electrons. The lowest BCUT2D eigenvalue weighted by Crippen LogP contribution is -2.18. The van der Waals surface area contributed by atoms with Crippen LogP contribution in [0.2, 0.25) is 0 Å². The summed E-state index contributed by atoms with van der Waals surface area (Å²) in [6.07, 6.45) is 0. The van der Waals surface area contributed by atoms with Crippen LogP contribution < -0.4 is 19.7 Å². The maximum absolute atomic E-state index is 13.1. The minimum Gasteiger partial charge on any atom is -0.497 e. The van der Waals surface area contributed by atoms with Gasteiger partial charge < -0.3 is 19.7 Å². The van der Waals surface area contributed by atoms with E-state index in [1.54, 1.807) is 44.0 Å². The molecule has 0 saturated carbocycles. The van der Waals surface area contributed by atoms with Crippen LogP contribution in [0.25, 0.3) is 5.69 Å². The quantitative estimate of drug-likeness (QED) is 0.622. The Morgan fingerprint density at radius 3 is 2.38 bits per heavy atom. The SMILES string of the molecule is COc1ccc(OC)c(-n2nnc(C(=O)Nc3cc(N(C)C)cc(C(C)(C)C)c3)c2C)c1. The van der Waals surface area contributed by atoms with Crippen molar-refractivity contribution < 1.29 is 14.3 Å². The first-order chi connectivity index (χ1) is 15.0. The van der Waals surface area contributed by atoms with E-state index >= 15 is 0 Å². The molecule has 0 aliphatic heterocycles. The van der Waals surface area contributed by atoms with Crippen LogP contribution in [-0.2, 0) is 5.41 Å². The molecule has 1 heterocycles. The van der Waals surface area contributed by atoms with Crippen LogP contribution in [0.4, 0.5) is 11.4 Å². The van der Waals surface area contributed by atoms with Crippen molar-refractivity contribution in [1.82, 2.24) is 15.0 Å². The number of aromatic nitrogens is 3. The summed E-state index contributed by atoms with van der Waals surface area (Å²) in [5, 5.41) is 11.3. The van der Waals surface area contributed by atoms with Crippen LogP contribution in [-0.4, -0.2) is 49.2 Å². The minimum atomic E-state index is -0.327. The van der Waals surface area contributed by atoms with Gasteiger partial charge in [-0.05, 0) is 48.2 Å². The second-order valence-electron chi connectivity index (χ2n) is 8.84. The standard InChI is InChI=1S/C24H31N5O3/c1-15-22(26-27-29(15)20-14-19(31-7)9-10-21(20)32-8)23(30)25-17-11-16(24(2,3)4)12-18(13-17)28(5)6/h9-14H,1-8H3,(H,25,30). The molecule has 3 rings (SSSR count). The third kappa shape index (κ3) is 4.69. The molecule has 0 aliphatic carbocycles. The van der Waals surface area contributed by atoms with Crippen molar-refractivity contribution in [3.8, 4) is 17.2 Å². The van der Waals surface area contributed by atoms with Crippen molar-refractivity contribution >= 4 is 17.3 Å². The van der Waals surface area contributed by atoms with Crippen molar-refractivity contribution in [3.05, 3.63) is 53.3 Å². The fraction of sp³-hybridized carbons (Fsp3) is 0.375. The summed E-state index contributed by atoms with van der Waals surface area (Å²) in [5.41, 5.74) is 4.25. The van der Waals surface area contributed by atoms with Crippen molar-refractivity contribution in [3.63, 3.8) is 0 Å². The monoisotopic (exact) mass is 437 g/mol. The molecule has 0 saturated heterocycles. The van der Waals surface area contributed by atoms with Gasteiger partial charge in [-0.2, -0.15) is 0 Å². The number of nitrogens with one attached hydrogen (secondary N) is 1. The molecule has 2 aromatic carbocycles. The topological polar surface area (TPSA) is 81.5 Å². The predicted molar refractivity (Wildman–Crippen MR) is 127 cm³/mol. The highest BCUT2D eigenvalue weighted by atomic mass is 16.5. The van der Waals surface area contributed by atoms with Crippen molar-refractivity contribution in [2.24, 2.45) is 0 Å². The second kappa shape index (κ2) is 8.90. The summed E-state index contributed by atoms with van der Waals surface area (Å²) in [6.45, 7) is 8.23. The number of hydrogen-bond acceptors (Lipinski definition) is 6. The van der Waals surface area contributed by atoms with Crippen LogP contribution in [0.5, 0.6) is 11.5 Å². The van der Waals surface area contributed by atoms with Gasteiger partial charge in [0.15, 0.2) is 5.69 Å². The molecule has 1 N–H and O–H groups in total. The number of benzene rings is 2. The first-order valence-corrected chi connectivity index (χ1v) is 10.3. The highest BCUT2D eigenvalue weighted by molar-refractivity contribution is 6.04. The van der Waals surface area contributed by atoms with Crippen molar-refractivity contribution in [2.75, 3.05) is 38.5 Å². The van der Waals surface area contributed by atoms with Crippen molar-refractivity contribution in [1.29, 1.82) is 0 Å². The number of carbonyl (C=O) groups is 1. The van der Waals surface area contributed by atoms with Gasteiger partial charge in [0.2, 0.25) is 0 Å². The Morgan fingerprint density at radius 2 is 1.78 bits per heavy atom. The van der Waals surface area contributed by atoms with E-state index in [0.29, 0.717) is 28.6 Å². The lowest BCUT2D eigenvalue weighted by molar-refractivity contribution is 0.102. The number of ether oxygens (including phenoxy) is 2. The molecule has 0 fully saturated rings. The van der Waals surface area contributed by atoms with Crippen LogP contribution in [0, 0.1) is 6.92 Å². The first kappa shape index (κ1) is 23.1. The molecule has 0 aliphatic rings. The van der Waals surface area contributed by atoms with Gasteiger partial charge in [0.25, 0.3) is 5.91 Å². The smallest absolute Gasteiger partial charge is 0.278 e. The summed E-state index contributed by atoms with van der Waals surface area (Å²) in [7, 11) is 7.12. The Hall–Kier alpha value is -3.55. The van der Waals surface area contributed by atoms with Gasteiger partial charge in [0.05, 0.1) is 19.9 Å². The second-order valence-corrected chi connectivity index (χ2v) is 8.84. The molecule has 32 heavy (non-hydrogen) atoms. The number of anilines is 2. The van der Waals surface area contributed by atoms with E-state index in [2.05, 4.69) is 42.5 Å². The molecule has 0 atom stereocenters. The molecule has 1 amide bonds. The number of carbonyl (C=O) groups excluding carboxylic acids is 1. The van der Waals surface area contributed by atoms with E-state index in [0.717, 1.165) is 11.3 Å². The number of hydrogen-bond donors (Lipinski definition) is 1. The molecule has 3 aromatic rings. The van der Waals surface area contributed by atoms with Gasteiger partial charge in [-0.3, -0.25) is 4.79 Å². The molecule has 8 nitrogen and oxygen atoms in total. The lowest BCUT2D eigenvalue weighted by atomic mass is 9.86. The van der Waals surface area contributed by atoms with Crippen LogP contribution in [0.1, 0.15) is 42.5 Å². The largest absolute Gasteiger partial charge is 0.497 e. The Balaban J connectivity index is 1.96. The third-order valence-electron chi connectivity index (χ3n) is 5.28. The normalized spacial score (nSPS) is 11.2. The van der Waals surface area contributed by atoms with Gasteiger partial charge in [-0.25, -0.2) is 4.68 Å². The van der Waals surface area contributed by atoms with E-state index in [9.17, 15) is 4.79 Å². The molecule has 8 heteroatoms. The average molecular weight is 438 g/mol. The highest BCUT2D eigenvalue weighted by Gasteiger charge is 2.21. The van der Waals surface area contributed by atoms with Crippen LogP contribution >= 0.6 is 0 Å². The molecule has 1 aromatic heterocycles. The van der Waals surface area contributed by atoms with Gasteiger partial charge >= 0.3 is 0 Å². The summed E-state index contributed by atoms with van der Waals surface area (Å²) in [5.74, 6) is 0.919. The number of methoxy groups -OCH3 is 2. The molecule has 0 unspecified atom stereocenters. The van der Waals surface area contributed by atoms with E-state index in [1.165, 1.54) is 0 Å². The first-order valence-electron chi connectivity index (χ1n) is 10.3. The molecule has 0 spiro atoms. The van der Waals surface area contributed by atoms with Gasteiger partial charge in [-0.1, -0.05) is 26.0 Å². The lowest BCUT2D eigenvalue weighted by Gasteiger charge is -2.23. The zero-order chi connectivity index (χ0) is 23.6. The molecule has 0 bridgehead atoms. The molecule has 170 valence electrons. The number of rotatable bonds is 6. The van der Waals surface area contributed by atoms with Gasteiger partial charge in [0.1, 0.15) is 17.2 Å². The summed E-state index contributed by atoms with van der Waals surface area (Å²) < 4.78 is 12.3. The predicted octanol–water partition coefficient (Wildman–Crippen LogP) is 4.21. The fourth-order valence-corrected chi connectivity index (χ4v) is 3.29. The van der Waals surface area contributed by atoms with E-state index in [4.69, 9.17) is 9.47 Å². The summed E-state index contributed by atoms with van der Waals surface area (Å²) in [4.78, 5) is 15.1. The molecular weight excluding hydrogens is 406 g/mol.